The van der Waals surface area contributed by atoms with E-state index in [1.165, 1.54) is 5.56 Å². The highest BCUT2D eigenvalue weighted by molar-refractivity contribution is 6.10. The summed E-state index contributed by atoms with van der Waals surface area (Å²) >= 11 is 0. The highest BCUT2D eigenvalue weighted by Gasteiger charge is 2.22. The van der Waals surface area contributed by atoms with E-state index >= 15 is 0 Å². The van der Waals surface area contributed by atoms with Crippen molar-refractivity contribution in [1.82, 2.24) is 9.47 Å². The van der Waals surface area contributed by atoms with Crippen LogP contribution in [0.3, 0.4) is 0 Å². The highest BCUT2D eigenvalue weighted by atomic mass is 16.4. The minimum absolute atomic E-state index is 0.0825. The lowest BCUT2D eigenvalue weighted by Gasteiger charge is -2.32. The number of benzene rings is 3. The van der Waals surface area contributed by atoms with E-state index in [1.54, 1.807) is 28.8 Å². The predicted molar refractivity (Wildman–Crippen MR) is 120 cm³/mol. The lowest BCUT2D eigenvalue weighted by molar-refractivity contribution is 0.103. The van der Waals surface area contributed by atoms with Gasteiger partial charge in [0.1, 0.15) is 0 Å². The van der Waals surface area contributed by atoms with E-state index in [4.69, 9.17) is 4.42 Å². The van der Waals surface area contributed by atoms with Gasteiger partial charge in [0.25, 0.3) is 0 Å². The van der Waals surface area contributed by atoms with Crippen LogP contribution >= 0.6 is 0 Å². The Bertz CT molecular complexity index is 1250. The summed E-state index contributed by atoms with van der Waals surface area (Å²) in [5, 5.41) is 0. The van der Waals surface area contributed by atoms with Crippen LogP contribution in [0.25, 0.3) is 11.1 Å². The second-order valence-corrected chi connectivity index (χ2v) is 8.12. The molecule has 5 heteroatoms. The molecule has 1 saturated heterocycles. The molecule has 0 bridgehead atoms. The zero-order chi connectivity index (χ0) is 21.2. The molecule has 0 radical (unpaired) electrons. The molecule has 0 spiro atoms. The van der Waals surface area contributed by atoms with Crippen molar-refractivity contribution in [1.29, 1.82) is 0 Å². The van der Waals surface area contributed by atoms with Crippen molar-refractivity contribution >= 4 is 16.9 Å². The number of hydrogen-bond acceptors (Lipinski definition) is 4. The Morgan fingerprint density at radius 1 is 0.871 bits per heavy atom. The molecule has 1 aromatic heterocycles. The van der Waals surface area contributed by atoms with Crippen LogP contribution in [-0.4, -0.2) is 28.3 Å². The normalized spacial score (nSPS) is 15.4. The first-order valence-corrected chi connectivity index (χ1v) is 10.7. The number of aromatic nitrogens is 1. The van der Waals surface area contributed by atoms with Crippen LogP contribution in [0.15, 0.2) is 88.1 Å². The van der Waals surface area contributed by atoms with Crippen LogP contribution in [0.5, 0.6) is 0 Å². The third-order valence-corrected chi connectivity index (χ3v) is 6.17. The van der Waals surface area contributed by atoms with Gasteiger partial charge in [-0.15, -0.1) is 0 Å². The number of rotatable bonds is 5. The number of oxazole rings is 1. The standard InChI is InChI=1S/C26H24N2O3/c29-25(21-9-5-2-6-10-21)22-11-12-23-24(17-22)31-26(30)28(23)18-27-15-13-20(14-16-27)19-7-3-1-4-8-19/h1-12,17,20H,13-16,18H2. The van der Waals surface area contributed by atoms with Gasteiger partial charge in [-0.25, -0.2) is 4.79 Å². The molecular weight excluding hydrogens is 388 g/mol. The number of nitrogens with zero attached hydrogens (tertiary/aromatic N) is 2. The fourth-order valence-electron chi connectivity index (χ4n) is 4.43. The molecule has 4 aromatic rings. The molecule has 0 unspecified atom stereocenters. The SMILES string of the molecule is O=C(c1ccccc1)c1ccc2c(c1)oc(=O)n2CN1CCC(c2ccccc2)CC1. The summed E-state index contributed by atoms with van der Waals surface area (Å²) in [6, 6.07) is 25.0. The van der Waals surface area contributed by atoms with Gasteiger partial charge in [-0.05, 0) is 42.5 Å². The average Bonchev–Trinajstić information content (AvgIpc) is 3.14. The Hall–Kier alpha value is -3.44. The third kappa shape index (κ3) is 3.97. The smallest absolute Gasteiger partial charge is 0.408 e. The van der Waals surface area contributed by atoms with E-state index < -0.39 is 0 Å². The van der Waals surface area contributed by atoms with Crippen molar-refractivity contribution in [3.63, 3.8) is 0 Å². The first-order valence-electron chi connectivity index (χ1n) is 10.7. The molecule has 3 aromatic carbocycles. The minimum atomic E-state index is -0.385. The molecule has 0 saturated carbocycles. The summed E-state index contributed by atoms with van der Waals surface area (Å²) in [4.78, 5) is 27.5. The van der Waals surface area contributed by atoms with Crippen molar-refractivity contribution in [2.45, 2.75) is 25.4 Å². The Morgan fingerprint density at radius 2 is 1.55 bits per heavy atom. The van der Waals surface area contributed by atoms with Gasteiger partial charge in [0.05, 0.1) is 12.2 Å². The van der Waals surface area contributed by atoms with Crippen LogP contribution in [-0.2, 0) is 6.67 Å². The number of piperidine rings is 1. The molecule has 0 N–H and O–H groups in total. The molecular formula is C26H24N2O3. The van der Waals surface area contributed by atoms with Crippen LogP contribution in [0, 0.1) is 0 Å². The fourth-order valence-corrected chi connectivity index (χ4v) is 4.43. The summed E-state index contributed by atoms with van der Waals surface area (Å²) in [7, 11) is 0. The largest absolute Gasteiger partial charge is 0.421 e. The van der Waals surface area contributed by atoms with E-state index in [0.717, 1.165) is 31.4 Å². The molecule has 0 atom stereocenters. The molecule has 156 valence electrons. The lowest BCUT2D eigenvalue weighted by Crippen LogP contribution is -2.36. The molecule has 0 amide bonds. The number of ketones is 1. The van der Waals surface area contributed by atoms with E-state index in [2.05, 4.69) is 29.2 Å². The number of carbonyl (C=O) groups excluding carboxylic acids is 1. The van der Waals surface area contributed by atoms with Gasteiger partial charge in [0, 0.05) is 24.2 Å². The molecule has 2 heterocycles. The van der Waals surface area contributed by atoms with Gasteiger partial charge < -0.3 is 4.42 Å². The summed E-state index contributed by atoms with van der Waals surface area (Å²) in [6.45, 7) is 2.37. The van der Waals surface area contributed by atoms with Gasteiger partial charge in [-0.2, -0.15) is 0 Å². The molecule has 5 rings (SSSR count). The second-order valence-electron chi connectivity index (χ2n) is 8.12. The Kier molecular flexibility index (Phi) is 5.26. The van der Waals surface area contributed by atoms with Gasteiger partial charge in [0.2, 0.25) is 0 Å². The van der Waals surface area contributed by atoms with Gasteiger partial charge >= 0.3 is 5.76 Å². The van der Waals surface area contributed by atoms with E-state index in [0.29, 0.717) is 29.3 Å². The van der Waals surface area contributed by atoms with Crippen molar-refractivity contribution in [3.05, 3.63) is 106 Å². The average molecular weight is 412 g/mol. The Morgan fingerprint density at radius 3 is 2.26 bits per heavy atom. The van der Waals surface area contributed by atoms with Crippen LogP contribution in [0.2, 0.25) is 0 Å². The maximum absolute atomic E-state index is 12.7. The molecule has 0 aliphatic carbocycles. The summed E-state index contributed by atoms with van der Waals surface area (Å²) in [5.74, 6) is 0.104. The highest BCUT2D eigenvalue weighted by Crippen LogP contribution is 2.28. The topological polar surface area (TPSA) is 55.5 Å². The van der Waals surface area contributed by atoms with Gasteiger partial charge in [0.15, 0.2) is 11.4 Å². The van der Waals surface area contributed by atoms with E-state index in [-0.39, 0.29) is 11.5 Å². The van der Waals surface area contributed by atoms with Crippen LogP contribution in [0.1, 0.15) is 40.2 Å². The van der Waals surface area contributed by atoms with Crippen LogP contribution < -0.4 is 5.76 Å². The number of hydrogen-bond donors (Lipinski definition) is 0. The monoisotopic (exact) mass is 412 g/mol. The Balaban J connectivity index is 1.32. The van der Waals surface area contributed by atoms with E-state index in [1.807, 2.05) is 30.3 Å². The predicted octanol–water partition coefficient (Wildman–Crippen LogP) is 4.66. The fraction of sp³-hybridized carbons (Fsp3) is 0.231. The van der Waals surface area contributed by atoms with Crippen molar-refractivity contribution < 1.29 is 9.21 Å². The van der Waals surface area contributed by atoms with E-state index in [9.17, 15) is 9.59 Å². The third-order valence-electron chi connectivity index (χ3n) is 6.17. The maximum Gasteiger partial charge on any atom is 0.421 e. The summed E-state index contributed by atoms with van der Waals surface area (Å²) in [6.07, 6.45) is 2.15. The summed E-state index contributed by atoms with van der Waals surface area (Å²) in [5.41, 5.74) is 3.70. The van der Waals surface area contributed by atoms with Crippen LogP contribution in [0.4, 0.5) is 0 Å². The molecule has 1 aliphatic rings. The maximum atomic E-state index is 12.7. The first-order chi connectivity index (χ1) is 15.2. The number of fused-ring (bicyclic) bond motifs is 1. The van der Waals surface area contributed by atoms with Gasteiger partial charge in [-0.3, -0.25) is 14.3 Å². The number of likely N-dealkylation sites (tertiary alicyclic amines) is 1. The zero-order valence-electron chi connectivity index (χ0n) is 17.2. The number of carbonyl (C=O) groups is 1. The molecule has 5 nitrogen and oxygen atoms in total. The molecule has 31 heavy (non-hydrogen) atoms. The molecule has 1 fully saturated rings. The summed E-state index contributed by atoms with van der Waals surface area (Å²) < 4.78 is 7.15. The quantitative estimate of drug-likeness (QED) is 0.447. The molecule has 1 aliphatic heterocycles. The van der Waals surface area contributed by atoms with Crippen molar-refractivity contribution in [2.24, 2.45) is 0 Å². The minimum Gasteiger partial charge on any atom is -0.408 e. The second kappa shape index (κ2) is 8.36. The van der Waals surface area contributed by atoms with Gasteiger partial charge in [-0.1, -0.05) is 60.7 Å². The Labute approximate surface area is 180 Å². The zero-order valence-corrected chi connectivity index (χ0v) is 17.2. The van der Waals surface area contributed by atoms with Crippen molar-refractivity contribution in [2.75, 3.05) is 13.1 Å². The van der Waals surface area contributed by atoms with Crippen molar-refractivity contribution in [3.8, 4) is 0 Å². The first kappa shape index (κ1) is 19.5. The lowest BCUT2D eigenvalue weighted by atomic mass is 9.90.